The van der Waals surface area contributed by atoms with Crippen molar-refractivity contribution in [2.75, 3.05) is 24.6 Å². The van der Waals surface area contributed by atoms with E-state index in [9.17, 15) is 0 Å². The quantitative estimate of drug-likeness (QED) is 0.788. The molecule has 2 heterocycles. The molecule has 25 heavy (non-hydrogen) atoms. The summed E-state index contributed by atoms with van der Waals surface area (Å²) >= 11 is 0. The monoisotopic (exact) mass is 345 g/mol. The summed E-state index contributed by atoms with van der Waals surface area (Å²) in [6.07, 6.45) is 0.987. The standard InChI is InChI=1S/C20H32BNO3/c1-8-15-13-16(21-24-19(4,5)20(6,7)25-21)9-10-17(15)22-11-12-23-18(2,3)14-22/h9-10,13H,8,11-12,14H2,1-7H3. The van der Waals surface area contributed by atoms with Crippen LogP contribution in [0.25, 0.3) is 0 Å². The molecular formula is C20H32BNO3. The highest BCUT2D eigenvalue weighted by Crippen LogP contribution is 2.37. The van der Waals surface area contributed by atoms with Gasteiger partial charge in [0.2, 0.25) is 0 Å². The molecule has 2 fully saturated rings. The van der Waals surface area contributed by atoms with Gasteiger partial charge in [-0.05, 0) is 65.1 Å². The molecule has 0 radical (unpaired) electrons. The Morgan fingerprint density at radius 2 is 1.68 bits per heavy atom. The van der Waals surface area contributed by atoms with Crippen molar-refractivity contribution in [2.24, 2.45) is 0 Å². The molecule has 0 atom stereocenters. The van der Waals surface area contributed by atoms with Crippen LogP contribution in [0.15, 0.2) is 18.2 Å². The van der Waals surface area contributed by atoms with Crippen LogP contribution in [0.2, 0.25) is 0 Å². The molecule has 0 aliphatic carbocycles. The van der Waals surface area contributed by atoms with Crippen molar-refractivity contribution in [2.45, 2.75) is 71.7 Å². The number of anilines is 1. The third-order valence-corrected chi connectivity index (χ3v) is 5.78. The van der Waals surface area contributed by atoms with E-state index in [1.165, 1.54) is 11.3 Å². The first-order valence-electron chi connectivity index (χ1n) is 9.42. The first-order chi connectivity index (χ1) is 11.5. The van der Waals surface area contributed by atoms with E-state index in [1.807, 2.05) is 0 Å². The highest BCUT2D eigenvalue weighted by molar-refractivity contribution is 6.62. The second kappa shape index (κ2) is 6.29. The van der Waals surface area contributed by atoms with Crippen LogP contribution >= 0.6 is 0 Å². The lowest BCUT2D eigenvalue weighted by Gasteiger charge is -2.40. The Hall–Kier alpha value is -1.04. The predicted octanol–water partition coefficient (Wildman–Crippen LogP) is 3.16. The Labute approximate surface area is 153 Å². The number of rotatable bonds is 3. The molecular weight excluding hydrogens is 313 g/mol. The molecule has 4 nitrogen and oxygen atoms in total. The maximum atomic E-state index is 6.21. The van der Waals surface area contributed by atoms with Crippen LogP contribution in [-0.4, -0.2) is 43.6 Å². The topological polar surface area (TPSA) is 30.9 Å². The Morgan fingerprint density at radius 3 is 2.24 bits per heavy atom. The Kier molecular flexibility index (Phi) is 4.72. The number of hydrogen-bond donors (Lipinski definition) is 0. The van der Waals surface area contributed by atoms with E-state index in [-0.39, 0.29) is 23.9 Å². The van der Waals surface area contributed by atoms with E-state index in [0.717, 1.165) is 31.6 Å². The Morgan fingerprint density at radius 1 is 1.04 bits per heavy atom. The molecule has 1 aromatic rings. The Bertz CT molecular complexity index is 626. The van der Waals surface area contributed by atoms with Crippen molar-refractivity contribution in [3.63, 3.8) is 0 Å². The van der Waals surface area contributed by atoms with Gasteiger partial charge in [0, 0.05) is 18.8 Å². The highest BCUT2D eigenvalue weighted by Gasteiger charge is 2.51. The lowest BCUT2D eigenvalue weighted by atomic mass is 9.78. The average Bonchev–Trinajstić information content (AvgIpc) is 2.74. The third-order valence-electron chi connectivity index (χ3n) is 5.78. The number of hydrogen-bond acceptors (Lipinski definition) is 4. The molecule has 0 saturated carbocycles. The van der Waals surface area contributed by atoms with Gasteiger partial charge < -0.3 is 18.9 Å². The summed E-state index contributed by atoms with van der Waals surface area (Å²) in [5.74, 6) is 0. The molecule has 0 spiro atoms. The number of aryl methyl sites for hydroxylation is 1. The van der Waals surface area contributed by atoms with Crippen LogP contribution in [0.4, 0.5) is 5.69 Å². The second-order valence-electron chi connectivity index (χ2n) is 8.86. The lowest BCUT2D eigenvalue weighted by Crippen LogP contribution is -2.48. The van der Waals surface area contributed by atoms with Crippen molar-refractivity contribution in [1.29, 1.82) is 0 Å². The first kappa shape index (κ1) is 18.7. The van der Waals surface area contributed by atoms with E-state index >= 15 is 0 Å². The maximum absolute atomic E-state index is 6.21. The van der Waals surface area contributed by atoms with Gasteiger partial charge in [-0.3, -0.25) is 0 Å². The van der Waals surface area contributed by atoms with Gasteiger partial charge in [-0.15, -0.1) is 0 Å². The van der Waals surface area contributed by atoms with E-state index in [2.05, 4.69) is 71.6 Å². The van der Waals surface area contributed by atoms with Gasteiger partial charge in [-0.1, -0.05) is 19.1 Å². The normalized spacial score (nSPS) is 24.6. The summed E-state index contributed by atoms with van der Waals surface area (Å²) in [6, 6.07) is 6.62. The number of morpholine rings is 1. The summed E-state index contributed by atoms with van der Waals surface area (Å²) in [6.45, 7) is 17.5. The number of ether oxygens (including phenoxy) is 1. The van der Waals surface area contributed by atoms with Crippen LogP contribution in [-0.2, 0) is 20.5 Å². The molecule has 5 heteroatoms. The second-order valence-corrected chi connectivity index (χ2v) is 8.86. The van der Waals surface area contributed by atoms with E-state index in [1.54, 1.807) is 0 Å². The molecule has 1 aromatic carbocycles. The van der Waals surface area contributed by atoms with Gasteiger partial charge in [-0.25, -0.2) is 0 Å². The first-order valence-corrected chi connectivity index (χ1v) is 9.42. The van der Waals surface area contributed by atoms with Crippen molar-refractivity contribution < 1.29 is 14.0 Å². The van der Waals surface area contributed by atoms with Crippen LogP contribution in [0, 0.1) is 0 Å². The van der Waals surface area contributed by atoms with Crippen LogP contribution in [0.1, 0.15) is 54.0 Å². The number of nitrogens with zero attached hydrogens (tertiary/aromatic N) is 1. The number of benzene rings is 1. The predicted molar refractivity (Wildman–Crippen MR) is 104 cm³/mol. The molecule has 2 aliphatic rings. The van der Waals surface area contributed by atoms with Gasteiger partial charge in [0.15, 0.2) is 0 Å². The minimum absolute atomic E-state index is 0.104. The zero-order valence-corrected chi connectivity index (χ0v) is 16.8. The lowest BCUT2D eigenvalue weighted by molar-refractivity contribution is -0.0277. The van der Waals surface area contributed by atoms with Gasteiger partial charge in [0.25, 0.3) is 0 Å². The van der Waals surface area contributed by atoms with Crippen molar-refractivity contribution in [3.8, 4) is 0 Å². The molecule has 0 amide bonds. The molecule has 2 saturated heterocycles. The van der Waals surface area contributed by atoms with Crippen LogP contribution in [0.5, 0.6) is 0 Å². The van der Waals surface area contributed by atoms with Crippen molar-refractivity contribution >= 4 is 18.3 Å². The molecule has 0 aromatic heterocycles. The summed E-state index contributed by atoms with van der Waals surface area (Å²) in [5, 5.41) is 0. The van der Waals surface area contributed by atoms with Crippen molar-refractivity contribution in [3.05, 3.63) is 23.8 Å². The van der Waals surface area contributed by atoms with E-state index in [4.69, 9.17) is 14.0 Å². The van der Waals surface area contributed by atoms with Gasteiger partial charge in [0.05, 0.1) is 23.4 Å². The maximum Gasteiger partial charge on any atom is 0.494 e. The Balaban J connectivity index is 1.86. The van der Waals surface area contributed by atoms with Gasteiger partial charge in [-0.2, -0.15) is 0 Å². The fraction of sp³-hybridized carbons (Fsp3) is 0.700. The molecule has 0 bridgehead atoms. The third kappa shape index (κ3) is 3.60. The molecule has 138 valence electrons. The van der Waals surface area contributed by atoms with Crippen molar-refractivity contribution in [1.82, 2.24) is 0 Å². The fourth-order valence-electron chi connectivity index (χ4n) is 3.54. The summed E-state index contributed by atoms with van der Waals surface area (Å²) in [4.78, 5) is 2.44. The summed E-state index contributed by atoms with van der Waals surface area (Å²) in [5.41, 5.74) is 3.03. The van der Waals surface area contributed by atoms with Gasteiger partial charge in [0.1, 0.15) is 0 Å². The SMILES string of the molecule is CCc1cc(B2OC(C)(C)C(C)(C)O2)ccc1N1CCOC(C)(C)C1. The van der Waals surface area contributed by atoms with Crippen LogP contribution in [0.3, 0.4) is 0 Å². The fourth-order valence-corrected chi connectivity index (χ4v) is 3.54. The zero-order chi connectivity index (χ0) is 18.5. The molecule has 2 aliphatic heterocycles. The zero-order valence-electron chi connectivity index (χ0n) is 16.8. The highest BCUT2D eigenvalue weighted by atomic mass is 16.7. The minimum atomic E-state index is -0.309. The van der Waals surface area contributed by atoms with Gasteiger partial charge >= 0.3 is 7.12 Å². The summed E-state index contributed by atoms with van der Waals surface area (Å²) < 4.78 is 18.3. The molecule has 0 unspecified atom stereocenters. The molecule has 0 N–H and O–H groups in total. The summed E-state index contributed by atoms with van der Waals surface area (Å²) in [7, 11) is -0.300. The van der Waals surface area contributed by atoms with E-state index < -0.39 is 0 Å². The average molecular weight is 345 g/mol. The largest absolute Gasteiger partial charge is 0.494 e. The van der Waals surface area contributed by atoms with Crippen LogP contribution < -0.4 is 10.4 Å². The smallest absolute Gasteiger partial charge is 0.399 e. The van der Waals surface area contributed by atoms with E-state index in [0.29, 0.717) is 0 Å². The molecule has 3 rings (SSSR count). The minimum Gasteiger partial charge on any atom is -0.399 e.